The van der Waals surface area contributed by atoms with Crippen molar-refractivity contribution < 1.29 is 19.1 Å². The lowest BCUT2D eigenvalue weighted by Gasteiger charge is -2.06. The van der Waals surface area contributed by atoms with Gasteiger partial charge in [0.15, 0.2) is 0 Å². The molecule has 0 atom stereocenters. The molecule has 0 saturated carbocycles. The van der Waals surface area contributed by atoms with Crippen molar-refractivity contribution in [2.45, 2.75) is 78.6 Å². The lowest BCUT2D eigenvalue weighted by Crippen LogP contribution is -2.08. The van der Waals surface area contributed by atoms with Crippen LogP contribution in [-0.4, -0.2) is 25.2 Å². The maximum atomic E-state index is 11.4. The molecule has 21 heavy (non-hydrogen) atoms. The van der Waals surface area contributed by atoms with Crippen LogP contribution in [-0.2, 0) is 19.1 Å². The molecule has 0 spiro atoms. The van der Waals surface area contributed by atoms with Crippen molar-refractivity contribution in [3.8, 4) is 0 Å². The van der Waals surface area contributed by atoms with Gasteiger partial charge in [0.25, 0.3) is 0 Å². The van der Waals surface area contributed by atoms with E-state index in [0.717, 1.165) is 32.1 Å². The van der Waals surface area contributed by atoms with Gasteiger partial charge in [-0.05, 0) is 38.0 Å². The summed E-state index contributed by atoms with van der Waals surface area (Å²) in [5.41, 5.74) is 0. The molecule has 0 rings (SSSR count). The lowest BCUT2D eigenvalue weighted by atomic mass is 10.1. The number of carbonyl (C=O) groups excluding carboxylic acids is 2. The summed E-state index contributed by atoms with van der Waals surface area (Å²) in [5.74, 6) is 0.332. The number of unbranched alkanes of at least 4 members (excludes halogenated alkanes) is 3. The fourth-order valence-electron chi connectivity index (χ4n) is 1.90. The molecular formula is C17H32O4. The van der Waals surface area contributed by atoms with Crippen LogP contribution < -0.4 is 0 Å². The highest BCUT2D eigenvalue weighted by Crippen LogP contribution is 2.06. The van der Waals surface area contributed by atoms with E-state index in [-0.39, 0.29) is 11.9 Å². The van der Waals surface area contributed by atoms with Gasteiger partial charge in [0.05, 0.1) is 13.2 Å². The van der Waals surface area contributed by atoms with Gasteiger partial charge in [0, 0.05) is 12.8 Å². The average Bonchev–Trinajstić information content (AvgIpc) is 2.44. The Morgan fingerprint density at radius 3 is 1.81 bits per heavy atom. The van der Waals surface area contributed by atoms with Crippen LogP contribution in [0.4, 0.5) is 0 Å². The molecule has 0 aliphatic carbocycles. The molecule has 0 aromatic carbocycles. The van der Waals surface area contributed by atoms with Gasteiger partial charge in [-0.15, -0.1) is 0 Å². The van der Waals surface area contributed by atoms with Crippen molar-refractivity contribution in [2.75, 3.05) is 13.2 Å². The highest BCUT2D eigenvalue weighted by atomic mass is 16.5. The van der Waals surface area contributed by atoms with E-state index in [2.05, 4.69) is 20.8 Å². The third kappa shape index (κ3) is 15.2. The number of rotatable bonds is 13. The highest BCUT2D eigenvalue weighted by molar-refractivity contribution is 5.70. The molecule has 0 unspecified atom stereocenters. The van der Waals surface area contributed by atoms with E-state index in [1.54, 1.807) is 0 Å². The standard InChI is InChI=1S/C17H32O4/c1-4-5-8-13-20-16(18)11-6-7-12-17(19)21-14-9-10-15(2)3/h15H,4-14H2,1-3H3. The van der Waals surface area contributed by atoms with Crippen LogP contribution in [0, 0.1) is 5.92 Å². The predicted molar refractivity (Wildman–Crippen MR) is 84.0 cm³/mol. The second-order valence-corrected chi connectivity index (χ2v) is 5.89. The normalized spacial score (nSPS) is 10.7. The minimum atomic E-state index is -0.157. The molecule has 0 fully saturated rings. The zero-order chi connectivity index (χ0) is 15.9. The fourth-order valence-corrected chi connectivity index (χ4v) is 1.90. The van der Waals surface area contributed by atoms with Crippen LogP contribution in [0.5, 0.6) is 0 Å². The summed E-state index contributed by atoms with van der Waals surface area (Å²) >= 11 is 0. The Kier molecular flexibility index (Phi) is 13.2. The number of ether oxygens (including phenoxy) is 2. The number of hydrogen-bond donors (Lipinski definition) is 0. The summed E-state index contributed by atoms with van der Waals surface area (Å²) in [4.78, 5) is 22.8. The Morgan fingerprint density at radius 2 is 1.33 bits per heavy atom. The second kappa shape index (κ2) is 13.9. The Hall–Kier alpha value is -1.06. The molecule has 0 N–H and O–H groups in total. The maximum absolute atomic E-state index is 11.4. The lowest BCUT2D eigenvalue weighted by molar-refractivity contribution is -0.146. The third-order valence-electron chi connectivity index (χ3n) is 3.21. The predicted octanol–water partition coefficient (Wildman–Crippen LogP) is 4.26. The summed E-state index contributed by atoms with van der Waals surface area (Å²) in [6, 6.07) is 0. The molecule has 0 bridgehead atoms. The van der Waals surface area contributed by atoms with E-state index < -0.39 is 0 Å². The zero-order valence-electron chi connectivity index (χ0n) is 14.0. The molecule has 0 aromatic rings. The summed E-state index contributed by atoms with van der Waals surface area (Å²) in [7, 11) is 0. The Labute approximate surface area is 129 Å². The SMILES string of the molecule is CCCCCOC(=O)CCCCC(=O)OCCCC(C)C. The van der Waals surface area contributed by atoms with Gasteiger partial charge in [-0.1, -0.05) is 33.6 Å². The zero-order valence-corrected chi connectivity index (χ0v) is 14.0. The fraction of sp³-hybridized carbons (Fsp3) is 0.882. The van der Waals surface area contributed by atoms with Gasteiger partial charge < -0.3 is 9.47 Å². The molecule has 4 nitrogen and oxygen atoms in total. The summed E-state index contributed by atoms with van der Waals surface area (Å²) < 4.78 is 10.2. The molecule has 4 heteroatoms. The molecular weight excluding hydrogens is 268 g/mol. The smallest absolute Gasteiger partial charge is 0.305 e. The van der Waals surface area contributed by atoms with Crippen molar-refractivity contribution in [3.05, 3.63) is 0 Å². The second-order valence-electron chi connectivity index (χ2n) is 5.89. The summed E-state index contributed by atoms with van der Waals surface area (Å²) in [5, 5.41) is 0. The van der Waals surface area contributed by atoms with Gasteiger partial charge in [0.2, 0.25) is 0 Å². The number of carbonyl (C=O) groups is 2. The largest absolute Gasteiger partial charge is 0.466 e. The quantitative estimate of drug-likeness (QED) is 0.377. The van der Waals surface area contributed by atoms with Gasteiger partial charge in [0.1, 0.15) is 0 Å². The minimum Gasteiger partial charge on any atom is -0.466 e. The Morgan fingerprint density at radius 1 is 0.810 bits per heavy atom. The topological polar surface area (TPSA) is 52.6 Å². The molecule has 124 valence electrons. The Bertz CT molecular complexity index is 274. The monoisotopic (exact) mass is 300 g/mol. The summed E-state index contributed by atoms with van der Waals surface area (Å²) in [6.07, 6.45) is 7.32. The summed E-state index contributed by atoms with van der Waals surface area (Å²) in [6.45, 7) is 7.46. The molecule has 0 amide bonds. The van der Waals surface area contributed by atoms with Crippen LogP contribution in [0.1, 0.15) is 78.6 Å². The van der Waals surface area contributed by atoms with Crippen LogP contribution in [0.15, 0.2) is 0 Å². The first kappa shape index (κ1) is 19.9. The van der Waals surface area contributed by atoms with E-state index >= 15 is 0 Å². The van der Waals surface area contributed by atoms with Gasteiger partial charge in [-0.3, -0.25) is 9.59 Å². The first-order chi connectivity index (χ1) is 10.1. The van der Waals surface area contributed by atoms with Crippen LogP contribution >= 0.6 is 0 Å². The van der Waals surface area contributed by atoms with Crippen molar-refractivity contribution in [2.24, 2.45) is 5.92 Å². The molecule has 0 aromatic heterocycles. The van der Waals surface area contributed by atoms with E-state index in [4.69, 9.17) is 9.47 Å². The molecule has 0 radical (unpaired) electrons. The molecule has 0 aliphatic rings. The molecule has 0 aliphatic heterocycles. The van der Waals surface area contributed by atoms with E-state index in [9.17, 15) is 9.59 Å². The van der Waals surface area contributed by atoms with Crippen molar-refractivity contribution in [3.63, 3.8) is 0 Å². The molecule has 0 saturated heterocycles. The maximum Gasteiger partial charge on any atom is 0.305 e. The Balaban J connectivity index is 3.36. The van der Waals surface area contributed by atoms with E-state index in [1.165, 1.54) is 0 Å². The van der Waals surface area contributed by atoms with Crippen molar-refractivity contribution in [1.29, 1.82) is 0 Å². The molecule has 0 heterocycles. The van der Waals surface area contributed by atoms with Gasteiger partial charge in [-0.25, -0.2) is 0 Å². The number of hydrogen-bond acceptors (Lipinski definition) is 4. The van der Waals surface area contributed by atoms with E-state index in [1.807, 2.05) is 0 Å². The minimum absolute atomic E-state index is 0.156. The van der Waals surface area contributed by atoms with Crippen LogP contribution in [0.2, 0.25) is 0 Å². The highest BCUT2D eigenvalue weighted by Gasteiger charge is 2.06. The van der Waals surface area contributed by atoms with Gasteiger partial charge >= 0.3 is 11.9 Å². The van der Waals surface area contributed by atoms with Crippen molar-refractivity contribution >= 4 is 11.9 Å². The van der Waals surface area contributed by atoms with Crippen molar-refractivity contribution in [1.82, 2.24) is 0 Å². The number of esters is 2. The van der Waals surface area contributed by atoms with E-state index in [0.29, 0.717) is 44.8 Å². The third-order valence-corrected chi connectivity index (χ3v) is 3.21. The first-order valence-electron chi connectivity index (χ1n) is 8.37. The average molecular weight is 300 g/mol. The van der Waals surface area contributed by atoms with Crippen LogP contribution in [0.3, 0.4) is 0 Å². The van der Waals surface area contributed by atoms with Gasteiger partial charge in [-0.2, -0.15) is 0 Å². The van der Waals surface area contributed by atoms with Crippen LogP contribution in [0.25, 0.3) is 0 Å². The first-order valence-corrected chi connectivity index (χ1v) is 8.37.